The number of Topliss-reactive ketones (excluding diaryl/α,β-unsaturated/α-hetero) is 1. The van der Waals surface area contributed by atoms with Crippen molar-refractivity contribution in [1.29, 1.82) is 5.26 Å². The Morgan fingerprint density at radius 1 is 1.30 bits per heavy atom. The van der Waals surface area contributed by atoms with Crippen LogP contribution in [-0.2, 0) is 9.53 Å². The predicted octanol–water partition coefficient (Wildman–Crippen LogP) is 2.76. The van der Waals surface area contributed by atoms with E-state index in [2.05, 4.69) is 6.07 Å². The summed E-state index contributed by atoms with van der Waals surface area (Å²) in [6, 6.07) is 9.14. The first kappa shape index (κ1) is 12.8. The lowest BCUT2D eigenvalue weighted by Gasteiger charge is -2.25. The molecule has 0 saturated heterocycles. The van der Waals surface area contributed by atoms with Crippen molar-refractivity contribution in [3.8, 4) is 6.07 Å². The van der Waals surface area contributed by atoms with E-state index in [1.165, 1.54) is 0 Å². The summed E-state index contributed by atoms with van der Waals surface area (Å²) in [5.74, 6) is 0.239. The van der Waals surface area contributed by atoms with Gasteiger partial charge in [0.15, 0.2) is 5.78 Å². The lowest BCUT2D eigenvalue weighted by atomic mass is 9.83. The molecule has 4 nitrogen and oxygen atoms in total. The Hall–Kier alpha value is -2.25. The van der Waals surface area contributed by atoms with Crippen molar-refractivity contribution in [1.82, 2.24) is 0 Å². The summed E-state index contributed by atoms with van der Waals surface area (Å²) < 4.78 is 5.43. The van der Waals surface area contributed by atoms with E-state index in [-0.39, 0.29) is 17.2 Å². The number of nitrogens with zero attached hydrogens (tertiary/aromatic N) is 1. The highest BCUT2D eigenvalue weighted by molar-refractivity contribution is 6.30. The smallest absolute Gasteiger partial charge is 0.205 e. The van der Waals surface area contributed by atoms with Crippen LogP contribution in [0.15, 0.2) is 47.1 Å². The van der Waals surface area contributed by atoms with Crippen LogP contribution in [0.1, 0.15) is 24.3 Å². The number of benzene rings is 1. The average Bonchev–Trinajstić information content (AvgIpc) is 2.79. The van der Waals surface area contributed by atoms with E-state index in [0.717, 1.165) is 5.56 Å². The molecule has 1 atom stereocenters. The van der Waals surface area contributed by atoms with Crippen LogP contribution < -0.4 is 5.73 Å². The van der Waals surface area contributed by atoms with Gasteiger partial charge in [0, 0.05) is 23.4 Å². The lowest BCUT2D eigenvalue weighted by Crippen LogP contribution is -2.21. The van der Waals surface area contributed by atoms with Crippen LogP contribution >= 0.6 is 11.6 Å². The first-order valence-electron chi connectivity index (χ1n) is 6.21. The molecule has 0 fully saturated rings. The van der Waals surface area contributed by atoms with Gasteiger partial charge in [-0.2, -0.15) is 5.26 Å². The Labute approximate surface area is 121 Å². The van der Waals surface area contributed by atoms with E-state index in [4.69, 9.17) is 22.1 Å². The van der Waals surface area contributed by atoms with E-state index < -0.39 is 5.92 Å². The molecule has 0 radical (unpaired) electrons. The molecule has 2 N–H and O–H groups in total. The maximum atomic E-state index is 12.1. The molecule has 1 heterocycles. The first-order valence-corrected chi connectivity index (χ1v) is 6.59. The van der Waals surface area contributed by atoms with E-state index in [1.807, 2.05) is 0 Å². The third kappa shape index (κ3) is 1.87. The molecular formula is C15H11ClN2O2. The Morgan fingerprint density at radius 2 is 2.00 bits per heavy atom. The summed E-state index contributed by atoms with van der Waals surface area (Å²) in [7, 11) is 0. The van der Waals surface area contributed by atoms with Crippen LogP contribution in [0, 0.1) is 11.3 Å². The van der Waals surface area contributed by atoms with Gasteiger partial charge in [0.1, 0.15) is 17.4 Å². The van der Waals surface area contributed by atoms with E-state index in [9.17, 15) is 10.1 Å². The molecule has 20 heavy (non-hydrogen) atoms. The SMILES string of the molecule is N#CC1=C(N)OC2=C(C(=O)CC2)C1c1ccc(Cl)cc1. The monoisotopic (exact) mass is 286 g/mol. The van der Waals surface area contributed by atoms with Crippen LogP contribution in [0.25, 0.3) is 0 Å². The van der Waals surface area contributed by atoms with Gasteiger partial charge in [-0.1, -0.05) is 23.7 Å². The third-order valence-electron chi connectivity index (χ3n) is 3.58. The fourth-order valence-electron chi connectivity index (χ4n) is 2.66. The van der Waals surface area contributed by atoms with Gasteiger partial charge in [0.2, 0.25) is 5.88 Å². The van der Waals surface area contributed by atoms with Crippen LogP contribution in [0.2, 0.25) is 5.02 Å². The Morgan fingerprint density at radius 3 is 2.65 bits per heavy atom. The second kappa shape index (κ2) is 4.69. The number of ether oxygens (including phenoxy) is 1. The molecule has 1 unspecified atom stereocenters. The fraction of sp³-hybridized carbons (Fsp3) is 0.200. The zero-order chi connectivity index (χ0) is 14.3. The Bertz CT molecular complexity index is 696. The van der Waals surface area contributed by atoms with Gasteiger partial charge in [-0.25, -0.2) is 0 Å². The van der Waals surface area contributed by atoms with Crippen molar-refractivity contribution in [2.75, 3.05) is 0 Å². The molecule has 5 heteroatoms. The van der Waals surface area contributed by atoms with Gasteiger partial charge in [-0.3, -0.25) is 4.79 Å². The summed E-state index contributed by atoms with van der Waals surface area (Å²) in [6.07, 6.45) is 0.943. The van der Waals surface area contributed by atoms with E-state index in [0.29, 0.717) is 29.2 Å². The molecule has 0 spiro atoms. The van der Waals surface area contributed by atoms with Crippen molar-refractivity contribution in [2.45, 2.75) is 18.8 Å². The highest BCUT2D eigenvalue weighted by atomic mass is 35.5. The number of carbonyl (C=O) groups excluding carboxylic acids is 1. The van der Waals surface area contributed by atoms with Crippen LogP contribution in [0.4, 0.5) is 0 Å². The Kier molecular flexibility index (Phi) is 3.00. The van der Waals surface area contributed by atoms with Crippen molar-refractivity contribution in [3.63, 3.8) is 0 Å². The van der Waals surface area contributed by atoms with Gasteiger partial charge >= 0.3 is 0 Å². The molecule has 1 aromatic carbocycles. The second-order valence-electron chi connectivity index (χ2n) is 4.74. The Balaban J connectivity index is 2.16. The molecule has 0 amide bonds. The predicted molar refractivity (Wildman–Crippen MR) is 73.4 cm³/mol. The summed E-state index contributed by atoms with van der Waals surface area (Å²) in [6.45, 7) is 0. The maximum absolute atomic E-state index is 12.1. The minimum absolute atomic E-state index is 0.0141. The van der Waals surface area contributed by atoms with Gasteiger partial charge < -0.3 is 10.5 Å². The molecule has 1 aliphatic heterocycles. The molecule has 100 valence electrons. The average molecular weight is 287 g/mol. The minimum atomic E-state index is -0.448. The number of hydrogen-bond donors (Lipinski definition) is 1. The van der Waals surface area contributed by atoms with Crippen molar-refractivity contribution in [3.05, 3.63) is 57.6 Å². The van der Waals surface area contributed by atoms with Gasteiger partial charge in [-0.15, -0.1) is 0 Å². The number of allylic oxidation sites excluding steroid dienone is 3. The van der Waals surface area contributed by atoms with Crippen molar-refractivity contribution >= 4 is 17.4 Å². The van der Waals surface area contributed by atoms with Crippen LogP contribution in [-0.4, -0.2) is 5.78 Å². The molecule has 0 bridgehead atoms. The van der Waals surface area contributed by atoms with Crippen LogP contribution in [0.3, 0.4) is 0 Å². The van der Waals surface area contributed by atoms with Crippen LogP contribution in [0.5, 0.6) is 0 Å². The number of carbonyl (C=O) groups is 1. The topological polar surface area (TPSA) is 76.1 Å². The molecule has 3 rings (SSSR count). The quantitative estimate of drug-likeness (QED) is 0.861. The largest absolute Gasteiger partial charge is 0.444 e. The summed E-state index contributed by atoms with van der Waals surface area (Å²) in [5.41, 5.74) is 7.46. The summed E-state index contributed by atoms with van der Waals surface area (Å²) >= 11 is 5.88. The first-order chi connectivity index (χ1) is 9.61. The van der Waals surface area contributed by atoms with E-state index in [1.54, 1.807) is 24.3 Å². The van der Waals surface area contributed by atoms with Gasteiger partial charge in [0.05, 0.1) is 5.92 Å². The molecule has 0 saturated carbocycles. The van der Waals surface area contributed by atoms with Crippen molar-refractivity contribution in [2.24, 2.45) is 5.73 Å². The highest BCUT2D eigenvalue weighted by Gasteiger charge is 2.39. The van der Waals surface area contributed by atoms with Crippen molar-refractivity contribution < 1.29 is 9.53 Å². The number of nitrogens with two attached hydrogens (primary N) is 1. The molecule has 1 aliphatic carbocycles. The summed E-state index contributed by atoms with van der Waals surface area (Å²) in [4.78, 5) is 12.1. The van der Waals surface area contributed by atoms with Gasteiger partial charge in [-0.05, 0) is 17.7 Å². The normalized spacial score (nSPS) is 21.6. The molecular weight excluding hydrogens is 276 g/mol. The second-order valence-corrected chi connectivity index (χ2v) is 5.17. The third-order valence-corrected chi connectivity index (χ3v) is 3.83. The molecule has 1 aromatic rings. The zero-order valence-corrected chi connectivity index (χ0v) is 11.3. The number of ketones is 1. The maximum Gasteiger partial charge on any atom is 0.205 e. The molecule has 0 aromatic heterocycles. The minimum Gasteiger partial charge on any atom is -0.444 e. The fourth-order valence-corrected chi connectivity index (χ4v) is 2.79. The number of hydrogen-bond acceptors (Lipinski definition) is 4. The number of rotatable bonds is 1. The van der Waals surface area contributed by atoms with Gasteiger partial charge in [0.25, 0.3) is 0 Å². The number of halogens is 1. The zero-order valence-electron chi connectivity index (χ0n) is 10.5. The highest BCUT2D eigenvalue weighted by Crippen LogP contribution is 2.44. The lowest BCUT2D eigenvalue weighted by molar-refractivity contribution is -0.115. The standard InChI is InChI=1S/C15H11ClN2O2/c16-9-3-1-8(2-4-9)13-10(7-17)15(18)20-12-6-5-11(19)14(12)13/h1-4,13H,5-6,18H2. The summed E-state index contributed by atoms with van der Waals surface area (Å²) in [5, 5.41) is 9.93. The molecule has 2 aliphatic rings. The van der Waals surface area contributed by atoms with E-state index >= 15 is 0 Å². The number of nitriles is 1.